The standard InChI is InChI=1S/C35H22/c1-2-8-23-19-34-27(17-22(23)7-1)18-26-14-13-24(20-33(26)34)25-15-16-32-30-11-4-3-9-28(30)29-10-5-6-12-31(29)35(32)21-25/h1-17,19-21H,18H2. The Kier molecular flexibility index (Phi) is 3.81. The second-order valence-electron chi connectivity index (χ2n) is 9.76. The summed E-state index contributed by atoms with van der Waals surface area (Å²) in [5, 5.41) is 10.6. The molecule has 0 aromatic heterocycles. The second-order valence-corrected chi connectivity index (χ2v) is 9.76. The van der Waals surface area contributed by atoms with Crippen molar-refractivity contribution in [1.82, 2.24) is 0 Å². The van der Waals surface area contributed by atoms with Gasteiger partial charge in [-0.25, -0.2) is 0 Å². The van der Waals surface area contributed by atoms with E-state index >= 15 is 0 Å². The Morgan fingerprint density at radius 2 is 0.857 bits per heavy atom. The van der Waals surface area contributed by atoms with E-state index in [4.69, 9.17) is 0 Å². The minimum absolute atomic E-state index is 1.02. The molecule has 0 unspecified atom stereocenters. The molecule has 1 aliphatic rings. The lowest BCUT2D eigenvalue weighted by atomic mass is 9.91. The van der Waals surface area contributed by atoms with Gasteiger partial charge in [0, 0.05) is 0 Å². The molecule has 0 radical (unpaired) electrons. The monoisotopic (exact) mass is 442 g/mol. The van der Waals surface area contributed by atoms with Gasteiger partial charge in [0.1, 0.15) is 0 Å². The van der Waals surface area contributed by atoms with Crippen molar-refractivity contribution >= 4 is 43.1 Å². The Morgan fingerprint density at radius 1 is 0.343 bits per heavy atom. The van der Waals surface area contributed by atoms with E-state index in [0.717, 1.165) is 6.42 Å². The molecular formula is C35H22. The van der Waals surface area contributed by atoms with E-state index in [9.17, 15) is 0 Å². The van der Waals surface area contributed by atoms with Crippen molar-refractivity contribution in [3.05, 3.63) is 132 Å². The number of rotatable bonds is 1. The van der Waals surface area contributed by atoms with E-state index in [1.165, 1.54) is 76.5 Å². The quantitative estimate of drug-likeness (QED) is 0.222. The Balaban J connectivity index is 1.35. The Labute approximate surface area is 204 Å². The molecule has 35 heavy (non-hydrogen) atoms. The molecule has 0 saturated heterocycles. The Morgan fingerprint density at radius 3 is 1.57 bits per heavy atom. The molecule has 8 rings (SSSR count). The number of hydrogen-bond donors (Lipinski definition) is 0. The van der Waals surface area contributed by atoms with Crippen molar-refractivity contribution < 1.29 is 0 Å². The minimum Gasteiger partial charge on any atom is -0.0616 e. The van der Waals surface area contributed by atoms with E-state index in [-0.39, 0.29) is 0 Å². The van der Waals surface area contributed by atoms with Crippen LogP contribution in [0.15, 0.2) is 121 Å². The topological polar surface area (TPSA) is 0 Å². The Hall–Kier alpha value is -4.42. The van der Waals surface area contributed by atoms with E-state index in [1.54, 1.807) is 0 Å². The molecule has 0 bridgehead atoms. The van der Waals surface area contributed by atoms with E-state index in [0.29, 0.717) is 0 Å². The summed E-state index contributed by atoms with van der Waals surface area (Å²) < 4.78 is 0. The predicted molar refractivity (Wildman–Crippen MR) is 150 cm³/mol. The lowest BCUT2D eigenvalue weighted by molar-refractivity contribution is 1.27. The van der Waals surface area contributed by atoms with Gasteiger partial charge < -0.3 is 0 Å². The molecule has 0 saturated carbocycles. The third kappa shape index (κ3) is 2.74. The van der Waals surface area contributed by atoms with Crippen LogP contribution in [0.25, 0.3) is 65.3 Å². The highest BCUT2D eigenvalue weighted by Gasteiger charge is 2.20. The SMILES string of the molecule is c1ccc2cc3c(cc2c1)Cc1ccc(-c2ccc4c5ccccc5c5ccccc5c4c2)cc1-3. The summed E-state index contributed by atoms with van der Waals surface area (Å²) in [6, 6.07) is 45.1. The van der Waals surface area contributed by atoms with Gasteiger partial charge in [0.25, 0.3) is 0 Å². The summed E-state index contributed by atoms with van der Waals surface area (Å²) in [5.74, 6) is 0. The molecule has 0 aliphatic heterocycles. The Bertz CT molecular complexity index is 1940. The highest BCUT2D eigenvalue weighted by Crippen LogP contribution is 2.42. The van der Waals surface area contributed by atoms with Crippen molar-refractivity contribution in [1.29, 1.82) is 0 Å². The third-order valence-corrected chi connectivity index (χ3v) is 7.83. The number of benzene rings is 7. The van der Waals surface area contributed by atoms with Gasteiger partial charge in [0.05, 0.1) is 0 Å². The van der Waals surface area contributed by atoms with Crippen LogP contribution in [0.4, 0.5) is 0 Å². The lowest BCUT2D eigenvalue weighted by Gasteiger charge is -2.12. The van der Waals surface area contributed by atoms with Crippen LogP contribution in [-0.2, 0) is 6.42 Å². The maximum absolute atomic E-state index is 2.40. The fourth-order valence-corrected chi connectivity index (χ4v) is 6.14. The fraction of sp³-hybridized carbons (Fsp3) is 0.0286. The molecular weight excluding hydrogens is 420 g/mol. The smallest absolute Gasteiger partial charge is 0.00132 e. The van der Waals surface area contributed by atoms with Gasteiger partial charge in [-0.1, -0.05) is 103 Å². The van der Waals surface area contributed by atoms with E-state index in [2.05, 4.69) is 121 Å². The maximum atomic E-state index is 2.40. The average molecular weight is 443 g/mol. The van der Waals surface area contributed by atoms with Gasteiger partial charge in [-0.05, 0) is 101 Å². The van der Waals surface area contributed by atoms with Crippen LogP contribution in [0.3, 0.4) is 0 Å². The summed E-state index contributed by atoms with van der Waals surface area (Å²) >= 11 is 0. The summed E-state index contributed by atoms with van der Waals surface area (Å²) in [4.78, 5) is 0. The summed E-state index contributed by atoms with van der Waals surface area (Å²) in [7, 11) is 0. The summed E-state index contributed by atoms with van der Waals surface area (Å²) in [5.41, 5.74) is 8.19. The lowest BCUT2D eigenvalue weighted by Crippen LogP contribution is -1.86. The summed E-state index contributed by atoms with van der Waals surface area (Å²) in [6.07, 6.45) is 1.02. The van der Waals surface area contributed by atoms with Gasteiger partial charge in [0.15, 0.2) is 0 Å². The molecule has 1 aliphatic carbocycles. The second kappa shape index (κ2) is 7.04. The fourth-order valence-electron chi connectivity index (χ4n) is 6.14. The maximum Gasteiger partial charge on any atom is -0.00132 e. The molecule has 162 valence electrons. The van der Waals surface area contributed by atoms with Crippen molar-refractivity contribution in [3.63, 3.8) is 0 Å². The van der Waals surface area contributed by atoms with Crippen molar-refractivity contribution in [2.75, 3.05) is 0 Å². The number of hydrogen-bond acceptors (Lipinski definition) is 0. The van der Waals surface area contributed by atoms with Gasteiger partial charge in [-0.3, -0.25) is 0 Å². The molecule has 0 atom stereocenters. The van der Waals surface area contributed by atoms with Crippen LogP contribution in [0.5, 0.6) is 0 Å². The van der Waals surface area contributed by atoms with Crippen LogP contribution in [-0.4, -0.2) is 0 Å². The molecule has 0 fully saturated rings. The first kappa shape index (κ1) is 18.9. The van der Waals surface area contributed by atoms with Gasteiger partial charge in [-0.15, -0.1) is 0 Å². The zero-order valence-electron chi connectivity index (χ0n) is 19.3. The molecule has 0 heteroatoms. The summed E-state index contributed by atoms with van der Waals surface area (Å²) in [6.45, 7) is 0. The normalized spacial score (nSPS) is 12.5. The molecule has 0 N–H and O–H groups in total. The number of fused-ring (bicyclic) bond motifs is 10. The van der Waals surface area contributed by atoms with Crippen LogP contribution < -0.4 is 0 Å². The average Bonchev–Trinajstić information content (AvgIpc) is 3.28. The van der Waals surface area contributed by atoms with Crippen LogP contribution in [0.1, 0.15) is 11.1 Å². The van der Waals surface area contributed by atoms with Crippen molar-refractivity contribution in [2.24, 2.45) is 0 Å². The van der Waals surface area contributed by atoms with Gasteiger partial charge in [-0.2, -0.15) is 0 Å². The highest BCUT2D eigenvalue weighted by atomic mass is 14.2. The van der Waals surface area contributed by atoms with E-state index in [1.807, 2.05) is 0 Å². The first-order chi connectivity index (χ1) is 17.3. The van der Waals surface area contributed by atoms with Gasteiger partial charge in [0.2, 0.25) is 0 Å². The zero-order chi connectivity index (χ0) is 22.9. The first-order valence-electron chi connectivity index (χ1n) is 12.3. The molecule has 7 aromatic rings. The van der Waals surface area contributed by atoms with Crippen molar-refractivity contribution in [3.8, 4) is 22.3 Å². The molecule has 0 heterocycles. The molecule has 0 amide bonds. The van der Waals surface area contributed by atoms with Crippen LogP contribution in [0.2, 0.25) is 0 Å². The predicted octanol–water partition coefficient (Wildman–Crippen LogP) is 9.54. The van der Waals surface area contributed by atoms with Gasteiger partial charge >= 0.3 is 0 Å². The zero-order valence-corrected chi connectivity index (χ0v) is 19.3. The highest BCUT2D eigenvalue weighted by molar-refractivity contribution is 6.25. The van der Waals surface area contributed by atoms with Crippen LogP contribution >= 0.6 is 0 Å². The van der Waals surface area contributed by atoms with E-state index < -0.39 is 0 Å². The molecule has 0 spiro atoms. The first-order valence-corrected chi connectivity index (χ1v) is 12.3. The van der Waals surface area contributed by atoms with Crippen molar-refractivity contribution in [2.45, 2.75) is 6.42 Å². The van der Waals surface area contributed by atoms with Crippen LogP contribution in [0, 0.1) is 0 Å². The molecule has 7 aromatic carbocycles. The minimum atomic E-state index is 1.02. The third-order valence-electron chi connectivity index (χ3n) is 7.83. The molecule has 0 nitrogen and oxygen atoms in total. The largest absolute Gasteiger partial charge is 0.0616 e.